The first-order valence-electron chi connectivity index (χ1n) is 7.25. The molecule has 2 rings (SSSR count). The Labute approximate surface area is 140 Å². The molecule has 0 radical (unpaired) electrons. The molecule has 0 saturated carbocycles. The van der Waals surface area contributed by atoms with E-state index in [4.69, 9.17) is 21.7 Å². The number of thiocarbonyl (C=S) groups is 1. The predicted octanol–water partition coefficient (Wildman–Crippen LogP) is 3.71. The Hall–Kier alpha value is -1.53. The second-order valence-electron chi connectivity index (χ2n) is 4.50. The van der Waals surface area contributed by atoms with E-state index in [1.54, 1.807) is 4.90 Å². The van der Waals surface area contributed by atoms with Gasteiger partial charge in [0.1, 0.15) is 4.32 Å². The second-order valence-corrected chi connectivity index (χ2v) is 6.17. The third-order valence-electron chi connectivity index (χ3n) is 3.06. The average molecular weight is 337 g/mol. The number of carbonyl (C=O) groups excluding carboxylic acids is 1. The summed E-state index contributed by atoms with van der Waals surface area (Å²) in [4.78, 5) is 14.5. The monoisotopic (exact) mass is 337 g/mol. The van der Waals surface area contributed by atoms with Crippen molar-refractivity contribution in [1.29, 1.82) is 0 Å². The van der Waals surface area contributed by atoms with Crippen molar-refractivity contribution in [1.82, 2.24) is 4.90 Å². The van der Waals surface area contributed by atoms with Crippen LogP contribution in [-0.2, 0) is 4.79 Å². The van der Waals surface area contributed by atoms with Crippen LogP contribution in [0.1, 0.15) is 26.3 Å². The van der Waals surface area contributed by atoms with Crippen LogP contribution in [0.5, 0.6) is 11.5 Å². The van der Waals surface area contributed by atoms with Gasteiger partial charge in [0.2, 0.25) is 0 Å². The fourth-order valence-corrected chi connectivity index (χ4v) is 3.47. The SMILES string of the molecule is CCOc1ccc(/C=C2/SC(=S)N(CC)C2=O)cc1OCC. The Balaban J connectivity index is 2.30. The van der Waals surface area contributed by atoms with Crippen molar-refractivity contribution in [2.75, 3.05) is 19.8 Å². The summed E-state index contributed by atoms with van der Waals surface area (Å²) in [6.07, 6.45) is 1.84. The summed E-state index contributed by atoms with van der Waals surface area (Å²) in [5.74, 6) is 1.36. The van der Waals surface area contributed by atoms with Gasteiger partial charge in [-0.1, -0.05) is 30.0 Å². The number of hydrogen-bond acceptors (Lipinski definition) is 5. The Morgan fingerprint density at radius 3 is 2.45 bits per heavy atom. The zero-order chi connectivity index (χ0) is 16.1. The van der Waals surface area contributed by atoms with Gasteiger partial charge in [-0.3, -0.25) is 9.69 Å². The normalized spacial score (nSPS) is 16.5. The van der Waals surface area contributed by atoms with Crippen LogP contribution in [0.25, 0.3) is 6.08 Å². The fraction of sp³-hybridized carbons (Fsp3) is 0.375. The number of benzene rings is 1. The maximum absolute atomic E-state index is 12.2. The van der Waals surface area contributed by atoms with Crippen LogP contribution in [0.2, 0.25) is 0 Å². The molecule has 1 aromatic carbocycles. The molecule has 0 N–H and O–H groups in total. The average Bonchev–Trinajstić information content (AvgIpc) is 2.76. The van der Waals surface area contributed by atoms with E-state index in [0.717, 1.165) is 5.56 Å². The third-order valence-corrected chi connectivity index (χ3v) is 4.43. The molecule has 1 amide bonds. The molecular weight excluding hydrogens is 318 g/mol. The summed E-state index contributed by atoms with van der Waals surface area (Å²) < 4.78 is 11.7. The highest BCUT2D eigenvalue weighted by molar-refractivity contribution is 8.26. The van der Waals surface area contributed by atoms with E-state index in [1.807, 2.05) is 45.0 Å². The van der Waals surface area contributed by atoms with Crippen molar-refractivity contribution >= 4 is 40.3 Å². The van der Waals surface area contributed by atoms with E-state index < -0.39 is 0 Å². The van der Waals surface area contributed by atoms with E-state index in [0.29, 0.717) is 40.5 Å². The molecule has 0 aromatic heterocycles. The molecule has 1 aromatic rings. The Kier molecular flexibility index (Phi) is 5.85. The topological polar surface area (TPSA) is 38.8 Å². The number of rotatable bonds is 6. The van der Waals surface area contributed by atoms with Crippen molar-refractivity contribution in [2.24, 2.45) is 0 Å². The van der Waals surface area contributed by atoms with E-state index >= 15 is 0 Å². The summed E-state index contributed by atoms with van der Waals surface area (Å²) >= 11 is 6.55. The number of thioether (sulfide) groups is 1. The highest BCUT2D eigenvalue weighted by Crippen LogP contribution is 2.34. The second kappa shape index (κ2) is 7.65. The standard InChI is InChI=1S/C16H19NO3S2/c1-4-17-15(18)14(22-16(17)21)10-11-7-8-12(19-5-2)13(9-11)20-6-3/h7-10H,4-6H2,1-3H3/b14-10+. The minimum absolute atomic E-state index is 0.0376. The molecular formula is C16H19NO3S2. The van der Waals surface area contributed by atoms with Gasteiger partial charge in [-0.25, -0.2) is 0 Å². The van der Waals surface area contributed by atoms with Crippen LogP contribution >= 0.6 is 24.0 Å². The summed E-state index contributed by atoms with van der Waals surface area (Å²) in [5.41, 5.74) is 0.892. The third kappa shape index (κ3) is 3.62. The van der Waals surface area contributed by atoms with Crippen LogP contribution < -0.4 is 9.47 Å². The molecule has 4 nitrogen and oxygen atoms in total. The molecule has 1 fully saturated rings. The molecule has 0 aliphatic carbocycles. The summed E-state index contributed by atoms with van der Waals surface area (Å²) in [6.45, 7) is 7.50. The van der Waals surface area contributed by atoms with Crippen LogP contribution in [0, 0.1) is 0 Å². The van der Waals surface area contributed by atoms with E-state index in [9.17, 15) is 4.79 Å². The van der Waals surface area contributed by atoms with E-state index in [2.05, 4.69) is 0 Å². The molecule has 0 spiro atoms. The lowest BCUT2D eigenvalue weighted by atomic mass is 10.2. The van der Waals surface area contributed by atoms with Crippen molar-refractivity contribution in [3.05, 3.63) is 28.7 Å². The Bertz CT molecular complexity index is 613. The molecule has 6 heteroatoms. The molecule has 1 aliphatic heterocycles. The van der Waals surface area contributed by atoms with Gasteiger partial charge >= 0.3 is 0 Å². The molecule has 1 heterocycles. The zero-order valence-corrected chi connectivity index (χ0v) is 14.6. The molecule has 118 valence electrons. The fourth-order valence-electron chi connectivity index (χ4n) is 2.08. The van der Waals surface area contributed by atoms with Gasteiger partial charge in [0, 0.05) is 6.54 Å². The molecule has 0 unspecified atom stereocenters. The molecule has 0 atom stereocenters. The summed E-state index contributed by atoms with van der Waals surface area (Å²) in [6, 6.07) is 5.65. The number of hydrogen-bond donors (Lipinski definition) is 0. The highest BCUT2D eigenvalue weighted by Gasteiger charge is 2.30. The van der Waals surface area contributed by atoms with Crippen molar-refractivity contribution < 1.29 is 14.3 Å². The van der Waals surface area contributed by atoms with Crippen molar-refractivity contribution in [3.63, 3.8) is 0 Å². The first-order chi connectivity index (χ1) is 10.6. The molecule has 1 aliphatic rings. The van der Waals surface area contributed by atoms with Crippen LogP contribution in [0.4, 0.5) is 0 Å². The van der Waals surface area contributed by atoms with E-state index in [1.165, 1.54) is 11.8 Å². The van der Waals surface area contributed by atoms with Gasteiger partial charge in [0.05, 0.1) is 18.1 Å². The van der Waals surface area contributed by atoms with Gasteiger partial charge < -0.3 is 9.47 Å². The molecule has 22 heavy (non-hydrogen) atoms. The predicted molar refractivity (Wildman–Crippen MR) is 94.3 cm³/mol. The first kappa shape index (κ1) is 16.8. The minimum Gasteiger partial charge on any atom is -0.490 e. The maximum atomic E-state index is 12.2. The van der Waals surface area contributed by atoms with Gasteiger partial charge in [0.15, 0.2) is 11.5 Å². The number of likely N-dealkylation sites (N-methyl/N-ethyl adjacent to an activating group) is 1. The van der Waals surface area contributed by atoms with Crippen LogP contribution in [0.3, 0.4) is 0 Å². The van der Waals surface area contributed by atoms with Crippen LogP contribution in [-0.4, -0.2) is 34.9 Å². The van der Waals surface area contributed by atoms with Crippen molar-refractivity contribution in [2.45, 2.75) is 20.8 Å². The molecule has 1 saturated heterocycles. The summed E-state index contributed by atoms with van der Waals surface area (Å²) in [5, 5.41) is 0. The summed E-state index contributed by atoms with van der Waals surface area (Å²) in [7, 11) is 0. The Morgan fingerprint density at radius 2 is 1.86 bits per heavy atom. The van der Waals surface area contributed by atoms with Gasteiger partial charge in [-0.05, 0) is 44.5 Å². The number of carbonyl (C=O) groups is 1. The number of ether oxygens (including phenoxy) is 2. The van der Waals surface area contributed by atoms with Crippen molar-refractivity contribution in [3.8, 4) is 11.5 Å². The smallest absolute Gasteiger partial charge is 0.266 e. The lowest BCUT2D eigenvalue weighted by molar-refractivity contribution is -0.121. The van der Waals surface area contributed by atoms with Gasteiger partial charge in [-0.2, -0.15) is 0 Å². The van der Waals surface area contributed by atoms with Gasteiger partial charge in [0.25, 0.3) is 5.91 Å². The largest absolute Gasteiger partial charge is 0.490 e. The highest BCUT2D eigenvalue weighted by atomic mass is 32.2. The zero-order valence-electron chi connectivity index (χ0n) is 12.9. The van der Waals surface area contributed by atoms with Gasteiger partial charge in [-0.15, -0.1) is 0 Å². The Morgan fingerprint density at radius 1 is 1.18 bits per heavy atom. The van der Waals surface area contributed by atoms with E-state index in [-0.39, 0.29) is 5.91 Å². The first-order valence-corrected chi connectivity index (χ1v) is 8.48. The lowest BCUT2D eigenvalue weighted by Gasteiger charge is -2.11. The maximum Gasteiger partial charge on any atom is 0.266 e. The number of nitrogens with zero attached hydrogens (tertiary/aromatic N) is 1. The molecule has 0 bridgehead atoms. The quantitative estimate of drug-likeness (QED) is 0.584. The lowest BCUT2D eigenvalue weighted by Crippen LogP contribution is -2.27. The number of amides is 1. The minimum atomic E-state index is -0.0376. The van der Waals surface area contributed by atoms with Crippen LogP contribution in [0.15, 0.2) is 23.1 Å².